The summed E-state index contributed by atoms with van der Waals surface area (Å²) < 4.78 is 0. The second-order valence-corrected chi connectivity index (χ2v) is 9.67. The molecule has 28 heavy (non-hydrogen) atoms. The van der Waals surface area contributed by atoms with Crippen LogP contribution in [0.1, 0.15) is 88.8 Å². The summed E-state index contributed by atoms with van der Waals surface area (Å²) in [7, 11) is 0. The summed E-state index contributed by atoms with van der Waals surface area (Å²) in [5.74, 6) is 0. The van der Waals surface area contributed by atoms with Gasteiger partial charge in [0.05, 0.1) is 11.6 Å². The largest absolute Gasteiger partial charge is 0.192 e. The zero-order valence-corrected chi connectivity index (χ0v) is 18.9. The van der Waals surface area contributed by atoms with Crippen LogP contribution in [0.15, 0.2) is 36.4 Å². The Morgan fingerprint density at radius 3 is 1.71 bits per heavy atom. The fourth-order valence-electron chi connectivity index (χ4n) is 3.76. The number of nitrogens with zero attached hydrogens (tertiary/aromatic N) is 1. The normalized spacial score (nSPS) is 12.8. The van der Waals surface area contributed by atoms with Gasteiger partial charge in [-0.05, 0) is 63.1 Å². The van der Waals surface area contributed by atoms with Gasteiger partial charge in [0, 0.05) is 0 Å². The fourth-order valence-corrected chi connectivity index (χ4v) is 3.76. The molecule has 0 saturated carbocycles. The standard InChI is InChI=1S/C27H35N/c1-9-19-11-13-21(14-12-19)22(18-28)15-20-16-24(26(3,4)5)23(10-2)25(17-20)27(6,7)8/h11-17H,9-10H2,1-8H3/b22-15+. The minimum Gasteiger partial charge on any atom is -0.192 e. The van der Waals surface area contributed by atoms with Gasteiger partial charge in [-0.15, -0.1) is 0 Å². The third kappa shape index (κ3) is 4.93. The van der Waals surface area contributed by atoms with Gasteiger partial charge < -0.3 is 0 Å². The Balaban J connectivity index is 2.69. The highest BCUT2D eigenvalue weighted by atomic mass is 14.3. The minimum absolute atomic E-state index is 0.0603. The average Bonchev–Trinajstić information content (AvgIpc) is 2.64. The molecule has 0 atom stereocenters. The van der Waals surface area contributed by atoms with E-state index in [9.17, 15) is 5.26 Å². The first kappa shape index (κ1) is 22.0. The molecule has 0 aliphatic heterocycles. The Morgan fingerprint density at radius 2 is 1.36 bits per heavy atom. The minimum atomic E-state index is 0.0603. The summed E-state index contributed by atoms with van der Waals surface area (Å²) in [5, 5.41) is 9.81. The molecule has 0 aliphatic carbocycles. The lowest BCUT2D eigenvalue weighted by atomic mass is 9.74. The lowest BCUT2D eigenvalue weighted by molar-refractivity contribution is 0.556. The van der Waals surface area contributed by atoms with E-state index in [4.69, 9.17) is 0 Å². The van der Waals surface area contributed by atoms with Crippen molar-refractivity contribution >= 4 is 11.6 Å². The number of hydrogen-bond acceptors (Lipinski definition) is 1. The number of allylic oxidation sites excluding steroid dienone is 1. The van der Waals surface area contributed by atoms with Crippen LogP contribution >= 0.6 is 0 Å². The van der Waals surface area contributed by atoms with E-state index < -0.39 is 0 Å². The van der Waals surface area contributed by atoms with Crippen LogP contribution in [-0.2, 0) is 23.7 Å². The first-order valence-corrected chi connectivity index (χ1v) is 10.4. The maximum absolute atomic E-state index is 9.81. The molecule has 0 spiro atoms. The van der Waals surface area contributed by atoms with E-state index in [1.165, 1.54) is 22.3 Å². The number of nitriles is 1. The second kappa shape index (κ2) is 8.36. The summed E-state index contributed by atoms with van der Waals surface area (Å²) in [6, 6.07) is 15.3. The van der Waals surface area contributed by atoms with Crippen molar-refractivity contribution in [3.63, 3.8) is 0 Å². The van der Waals surface area contributed by atoms with Crippen molar-refractivity contribution in [2.45, 2.75) is 79.1 Å². The molecular formula is C27H35N. The molecule has 2 aromatic rings. The van der Waals surface area contributed by atoms with Gasteiger partial charge in [0.15, 0.2) is 0 Å². The molecule has 0 unspecified atom stereocenters. The molecule has 2 rings (SSSR count). The SMILES string of the molecule is CCc1ccc(/C(C#N)=C/c2cc(C(C)(C)C)c(CC)c(C(C)(C)C)c2)cc1. The summed E-state index contributed by atoms with van der Waals surface area (Å²) in [5.41, 5.74) is 8.43. The second-order valence-electron chi connectivity index (χ2n) is 9.67. The molecule has 0 amide bonds. The Bertz CT molecular complexity index is 856. The first-order valence-electron chi connectivity index (χ1n) is 10.4. The molecule has 0 saturated heterocycles. The van der Waals surface area contributed by atoms with E-state index in [0.717, 1.165) is 24.0 Å². The van der Waals surface area contributed by atoms with Crippen LogP contribution in [0.4, 0.5) is 0 Å². The van der Waals surface area contributed by atoms with Crippen molar-refractivity contribution in [3.8, 4) is 6.07 Å². The molecule has 0 radical (unpaired) electrons. The van der Waals surface area contributed by atoms with E-state index in [2.05, 4.69) is 97.9 Å². The van der Waals surface area contributed by atoms with Gasteiger partial charge in [0.2, 0.25) is 0 Å². The zero-order chi connectivity index (χ0) is 21.1. The summed E-state index contributed by atoms with van der Waals surface area (Å²) >= 11 is 0. The molecule has 0 aliphatic rings. The highest BCUT2D eigenvalue weighted by molar-refractivity contribution is 5.90. The number of aryl methyl sites for hydroxylation is 1. The summed E-state index contributed by atoms with van der Waals surface area (Å²) in [4.78, 5) is 0. The van der Waals surface area contributed by atoms with Crippen molar-refractivity contribution in [1.82, 2.24) is 0 Å². The Morgan fingerprint density at radius 1 is 0.857 bits per heavy atom. The van der Waals surface area contributed by atoms with Gasteiger partial charge in [0.1, 0.15) is 0 Å². The van der Waals surface area contributed by atoms with E-state index in [1.54, 1.807) is 0 Å². The van der Waals surface area contributed by atoms with Crippen LogP contribution in [0, 0.1) is 11.3 Å². The Labute approximate surface area is 172 Å². The van der Waals surface area contributed by atoms with E-state index >= 15 is 0 Å². The van der Waals surface area contributed by atoms with Crippen LogP contribution in [-0.4, -0.2) is 0 Å². The van der Waals surface area contributed by atoms with Gasteiger partial charge in [-0.25, -0.2) is 0 Å². The summed E-state index contributed by atoms with van der Waals surface area (Å²) in [6.07, 6.45) is 4.08. The molecule has 2 aromatic carbocycles. The topological polar surface area (TPSA) is 23.8 Å². The third-order valence-corrected chi connectivity index (χ3v) is 5.35. The van der Waals surface area contributed by atoms with Gasteiger partial charge in [-0.1, -0.05) is 91.8 Å². The smallest absolute Gasteiger partial charge is 0.0998 e. The average molecular weight is 374 g/mol. The predicted octanol–water partition coefficient (Wildman–Crippen LogP) is 7.47. The first-order chi connectivity index (χ1) is 13.0. The maximum Gasteiger partial charge on any atom is 0.0998 e. The number of hydrogen-bond donors (Lipinski definition) is 0. The molecule has 1 heteroatoms. The van der Waals surface area contributed by atoms with Crippen molar-refractivity contribution in [2.24, 2.45) is 0 Å². The van der Waals surface area contributed by atoms with Crippen molar-refractivity contribution in [1.29, 1.82) is 5.26 Å². The Kier molecular flexibility index (Phi) is 6.56. The molecule has 0 heterocycles. The highest BCUT2D eigenvalue weighted by Crippen LogP contribution is 2.36. The zero-order valence-electron chi connectivity index (χ0n) is 18.9. The van der Waals surface area contributed by atoms with E-state index in [1.807, 2.05) is 6.08 Å². The van der Waals surface area contributed by atoms with Crippen LogP contribution < -0.4 is 0 Å². The van der Waals surface area contributed by atoms with Crippen molar-refractivity contribution < 1.29 is 0 Å². The molecule has 1 nitrogen and oxygen atoms in total. The summed E-state index contributed by atoms with van der Waals surface area (Å²) in [6.45, 7) is 18.0. The van der Waals surface area contributed by atoms with Crippen molar-refractivity contribution in [3.05, 3.63) is 69.8 Å². The molecule has 148 valence electrons. The van der Waals surface area contributed by atoms with Crippen LogP contribution in [0.5, 0.6) is 0 Å². The number of benzene rings is 2. The molecule has 0 N–H and O–H groups in total. The lowest BCUT2D eigenvalue weighted by Gasteiger charge is -2.30. The fraction of sp³-hybridized carbons (Fsp3) is 0.444. The molecular weight excluding hydrogens is 338 g/mol. The predicted molar refractivity (Wildman–Crippen MR) is 123 cm³/mol. The molecule has 0 fully saturated rings. The lowest BCUT2D eigenvalue weighted by Crippen LogP contribution is -2.21. The quantitative estimate of drug-likeness (QED) is 0.403. The van der Waals surface area contributed by atoms with Crippen LogP contribution in [0.2, 0.25) is 0 Å². The van der Waals surface area contributed by atoms with Gasteiger partial charge >= 0.3 is 0 Å². The highest BCUT2D eigenvalue weighted by Gasteiger charge is 2.25. The van der Waals surface area contributed by atoms with Crippen LogP contribution in [0.25, 0.3) is 11.6 Å². The maximum atomic E-state index is 9.81. The number of rotatable bonds is 4. The van der Waals surface area contributed by atoms with Gasteiger partial charge in [-0.2, -0.15) is 5.26 Å². The Hall–Kier alpha value is -2.33. The van der Waals surface area contributed by atoms with Crippen LogP contribution in [0.3, 0.4) is 0 Å². The van der Waals surface area contributed by atoms with Gasteiger partial charge in [0.25, 0.3) is 0 Å². The van der Waals surface area contributed by atoms with Crippen molar-refractivity contribution in [2.75, 3.05) is 0 Å². The van der Waals surface area contributed by atoms with Gasteiger partial charge in [-0.3, -0.25) is 0 Å². The third-order valence-electron chi connectivity index (χ3n) is 5.35. The molecule has 0 bridgehead atoms. The monoisotopic (exact) mass is 373 g/mol. The van der Waals surface area contributed by atoms with E-state index in [-0.39, 0.29) is 10.8 Å². The molecule has 0 aromatic heterocycles. The van der Waals surface area contributed by atoms with E-state index in [0.29, 0.717) is 5.57 Å².